The molecule has 1 fully saturated rings. The molecule has 0 amide bonds. The van der Waals surface area contributed by atoms with Gasteiger partial charge in [-0.1, -0.05) is 5.21 Å². The van der Waals surface area contributed by atoms with Crippen molar-refractivity contribution in [2.75, 3.05) is 59.5 Å². The summed E-state index contributed by atoms with van der Waals surface area (Å²) >= 11 is 0. The van der Waals surface area contributed by atoms with Crippen LogP contribution in [0.1, 0.15) is 25.5 Å². The molecule has 34 heavy (non-hydrogen) atoms. The number of nitrogens with zero attached hydrogens (tertiary/aromatic N) is 3. The number of hydrogen-bond acceptors (Lipinski definition) is 12. The second-order valence-corrected chi connectivity index (χ2v) is 7.85. The molecule has 1 aliphatic rings. The summed E-state index contributed by atoms with van der Waals surface area (Å²) in [5.41, 5.74) is 0.725. The van der Waals surface area contributed by atoms with Crippen LogP contribution >= 0.6 is 0 Å². The molecule has 0 aliphatic carbocycles. The highest BCUT2D eigenvalue weighted by atomic mass is 16.7. The van der Waals surface area contributed by atoms with Crippen LogP contribution in [-0.2, 0) is 41.6 Å². The van der Waals surface area contributed by atoms with Gasteiger partial charge in [-0.2, -0.15) is 0 Å². The summed E-state index contributed by atoms with van der Waals surface area (Å²) in [5.74, 6) is 0. The molecule has 0 bridgehead atoms. The summed E-state index contributed by atoms with van der Waals surface area (Å²) in [6.45, 7) is 6.07. The van der Waals surface area contributed by atoms with Gasteiger partial charge in [0, 0.05) is 13.2 Å². The minimum absolute atomic E-state index is 0.0116. The maximum absolute atomic E-state index is 9.91. The summed E-state index contributed by atoms with van der Waals surface area (Å²) in [5, 5.41) is 46.0. The molecule has 0 radical (unpaired) electrons. The minimum atomic E-state index is -1.29. The molecule has 13 heteroatoms. The highest BCUT2D eigenvalue weighted by Gasteiger charge is 2.42. The minimum Gasteiger partial charge on any atom is -0.394 e. The van der Waals surface area contributed by atoms with Gasteiger partial charge < -0.3 is 48.8 Å². The SMILES string of the molecule is CC1O[C@H](OCCCCOCc2cn(CCOCCOCCOCCO)nn2)C(O)[C@@H](O)[C@@H]1O. The van der Waals surface area contributed by atoms with Gasteiger partial charge in [-0.3, -0.25) is 0 Å². The number of aliphatic hydroxyl groups excluding tert-OH is 4. The van der Waals surface area contributed by atoms with E-state index in [1.54, 1.807) is 11.6 Å². The second kappa shape index (κ2) is 17.2. The van der Waals surface area contributed by atoms with E-state index in [0.717, 1.165) is 12.1 Å². The molecule has 13 nitrogen and oxygen atoms in total. The Kier molecular flexibility index (Phi) is 14.7. The molecule has 0 saturated carbocycles. The molecule has 2 heterocycles. The number of rotatable bonds is 19. The molecule has 2 rings (SSSR count). The fourth-order valence-corrected chi connectivity index (χ4v) is 3.11. The largest absolute Gasteiger partial charge is 0.394 e. The van der Waals surface area contributed by atoms with E-state index in [4.69, 9.17) is 33.5 Å². The van der Waals surface area contributed by atoms with E-state index < -0.39 is 30.7 Å². The van der Waals surface area contributed by atoms with E-state index >= 15 is 0 Å². The Morgan fingerprint density at radius 2 is 1.53 bits per heavy atom. The van der Waals surface area contributed by atoms with Gasteiger partial charge in [-0.15, -0.1) is 5.10 Å². The van der Waals surface area contributed by atoms with Crippen molar-refractivity contribution in [3.05, 3.63) is 11.9 Å². The van der Waals surface area contributed by atoms with E-state index in [1.807, 2.05) is 6.20 Å². The Morgan fingerprint density at radius 3 is 2.26 bits per heavy atom. The van der Waals surface area contributed by atoms with Crippen LogP contribution in [0.3, 0.4) is 0 Å². The van der Waals surface area contributed by atoms with Gasteiger partial charge in [0.05, 0.1) is 71.7 Å². The van der Waals surface area contributed by atoms with Gasteiger partial charge in [-0.25, -0.2) is 4.68 Å². The fourth-order valence-electron chi connectivity index (χ4n) is 3.11. The lowest BCUT2D eigenvalue weighted by atomic mass is 10.0. The molecule has 1 aliphatic heterocycles. The van der Waals surface area contributed by atoms with Crippen molar-refractivity contribution >= 4 is 0 Å². The van der Waals surface area contributed by atoms with Gasteiger partial charge in [-0.05, 0) is 19.8 Å². The summed E-state index contributed by atoms with van der Waals surface area (Å²) in [7, 11) is 0. The zero-order chi connectivity index (χ0) is 24.6. The zero-order valence-corrected chi connectivity index (χ0v) is 19.7. The Morgan fingerprint density at radius 1 is 0.853 bits per heavy atom. The van der Waals surface area contributed by atoms with E-state index in [2.05, 4.69) is 10.3 Å². The van der Waals surface area contributed by atoms with Gasteiger partial charge in [0.15, 0.2) is 6.29 Å². The summed E-state index contributed by atoms with van der Waals surface area (Å²) < 4.78 is 34.1. The monoisotopic (exact) mass is 493 g/mol. The van der Waals surface area contributed by atoms with Crippen LogP contribution in [0.4, 0.5) is 0 Å². The average molecular weight is 494 g/mol. The summed E-state index contributed by atoms with van der Waals surface area (Å²) in [4.78, 5) is 0. The van der Waals surface area contributed by atoms with Crippen LogP contribution < -0.4 is 0 Å². The first-order chi connectivity index (χ1) is 16.5. The van der Waals surface area contributed by atoms with Crippen molar-refractivity contribution in [1.29, 1.82) is 0 Å². The van der Waals surface area contributed by atoms with Gasteiger partial charge >= 0.3 is 0 Å². The van der Waals surface area contributed by atoms with Crippen molar-refractivity contribution in [3.63, 3.8) is 0 Å². The number of unbranched alkanes of at least 4 members (excludes halogenated alkanes) is 1. The quantitative estimate of drug-likeness (QED) is 0.164. The first kappa shape index (κ1) is 29.0. The maximum Gasteiger partial charge on any atom is 0.186 e. The molecule has 4 N–H and O–H groups in total. The molecule has 0 spiro atoms. The number of aliphatic hydroxyl groups is 4. The van der Waals surface area contributed by atoms with Crippen LogP contribution in [0.15, 0.2) is 6.20 Å². The Bertz CT molecular complexity index is 638. The molecular weight excluding hydrogens is 454 g/mol. The predicted octanol–water partition coefficient (Wildman–Crippen LogP) is -1.54. The lowest BCUT2D eigenvalue weighted by molar-refractivity contribution is -0.293. The Hall–Kier alpha value is -1.26. The van der Waals surface area contributed by atoms with Gasteiger partial charge in [0.2, 0.25) is 0 Å². The number of ether oxygens (including phenoxy) is 6. The van der Waals surface area contributed by atoms with Crippen molar-refractivity contribution < 1.29 is 48.8 Å². The topological polar surface area (TPSA) is 167 Å². The van der Waals surface area contributed by atoms with Gasteiger partial charge in [0.1, 0.15) is 24.0 Å². The van der Waals surface area contributed by atoms with Gasteiger partial charge in [0.25, 0.3) is 0 Å². The molecule has 5 atom stereocenters. The number of aromatic nitrogens is 3. The average Bonchev–Trinajstić information content (AvgIpc) is 3.29. The first-order valence-corrected chi connectivity index (χ1v) is 11.6. The van der Waals surface area contributed by atoms with Crippen LogP contribution in [-0.4, -0.2) is 126 Å². The Balaban J connectivity index is 1.43. The fraction of sp³-hybridized carbons (Fsp3) is 0.905. The van der Waals surface area contributed by atoms with Crippen molar-refractivity contribution in [2.24, 2.45) is 0 Å². The smallest absolute Gasteiger partial charge is 0.186 e. The van der Waals surface area contributed by atoms with E-state index in [0.29, 0.717) is 72.4 Å². The lowest BCUT2D eigenvalue weighted by Gasteiger charge is -2.38. The van der Waals surface area contributed by atoms with Crippen LogP contribution in [0, 0.1) is 0 Å². The highest BCUT2D eigenvalue weighted by Crippen LogP contribution is 2.21. The molecule has 2 unspecified atom stereocenters. The predicted molar refractivity (Wildman–Crippen MR) is 117 cm³/mol. The normalized spacial score (nSPS) is 25.1. The van der Waals surface area contributed by atoms with E-state index in [9.17, 15) is 15.3 Å². The first-order valence-electron chi connectivity index (χ1n) is 11.6. The molecule has 0 aromatic carbocycles. The molecule has 1 aromatic rings. The summed E-state index contributed by atoms with van der Waals surface area (Å²) in [6.07, 6.45) is -2.06. The molecular formula is C21H39N3O10. The summed E-state index contributed by atoms with van der Waals surface area (Å²) in [6, 6.07) is 0. The third kappa shape index (κ3) is 11.0. The van der Waals surface area contributed by atoms with Crippen LogP contribution in [0.5, 0.6) is 0 Å². The van der Waals surface area contributed by atoms with Crippen LogP contribution in [0.2, 0.25) is 0 Å². The van der Waals surface area contributed by atoms with Crippen molar-refractivity contribution in [2.45, 2.75) is 63.6 Å². The van der Waals surface area contributed by atoms with Crippen molar-refractivity contribution in [1.82, 2.24) is 15.0 Å². The molecule has 1 saturated heterocycles. The van der Waals surface area contributed by atoms with Crippen LogP contribution in [0.25, 0.3) is 0 Å². The van der Waals surface area contributed by atoms with E-state index in [-0.39, 0.29) is 6.61 Å². The molecule has 1 aromatic heterocycles. The number of hydrogen-bond donors (Lipinski definition) is 4. The second-order valence-electron chi connectivity index (χ2n) is 7.85. The zero-order valence-electron chi connectivity index (χ0n) is 19.7. The lowest BCUT2D eigenvalue weighted by Crippen LogP contribution is -2.57. The van der Waals surface area contributed by atoms with E-state index in [1.165, 1.54) is 0 Å². The third-order valence-corrected chi connectivity index (χ3v) is 5.05. The third-order valence-electron chi connectivity index (χ3n) is 5.05. The standard InChI is InChI=1S/C21H39N3O10/c1-16-18(26)19(27)20(28)21(34-16)33-7-3-2-6-32-15-17-14-24(23-22-17)4-8-29-10-12-31-13-11-30-9-5-25/h14,16,18-21,25-28H,2-13,15H2,1H3/t16?,18-,19+,20?,21+/m1/s1. The van der Waals surface area contributed by atoms with Crippen molar-refractivity contribution in [3.8, 4) is 0 Å². The Labute approximate surface area is 199 Å². The molecule has 198 valence electrons. The maximum atomic E-state index is 9.91. The highest BCUT2D eigenvalue weighted by molar-refractivity contribution is 4.89.